The van der Waals surface area contributed by atoms with Gasteiger partial charge in [0.2, 0.25) is 0 Å². The lowest BCUT2D eigenvalue weighted by Gasteiger charge is -2.08. The molecule has 6 heteroatoms. The average molecular weight is 310 g/mol. The first-order valence-electron chi connectivity index (χ1n) is 6.99. The maximum atomic E-state index is 12.1. The Morgan fingerprint density at radius 1 is 1.26 bits per heavy atom. The Morgan fingerprint density at radius 3 is 2.83 bits per heavy atom. The zero-order valence-electron chi connectivity index (χ0n) is 12.4. The molecule has 1 N–H and O–H groups in total. The van der Waals surface area contributed by atoms with E-state index >= 15 is 0 Å². The molecule has 6 nitrogen and oxygen atoms in total. The number of aromatic hydroxyl groups is 1. The zero-order valence-corrected chi connectivity index (χ0v) is 12.4. The predicted molar refractivity (Wildman–Crippen MR) is 83.4 cm³/mol. The van der Waals surface area contributed by atoms with E-state index in [0.29, 0.717) is 11.3 Å². The monoisotopic (exact) mass is 310 g/mol. The summed E-state index contributed by atoms with van der Waals surface area (Å²) in [7, 11) is 0. The molecular formula is C17H14N2O4. The standard InChI is InChI=1S/C17H14N2O4/c1-11-5-4-8-19-15(21)9-12(18-16(11)19)10-23-17(22)13-6-2-3-7-14(13)20/h2-9,20H,10H2,1H3. The van der Waals surface area contributed by atoms with Crippen molar-refractivity contribution < 1.29 is 14.6 Å². The molecule has 0 unspecified atom stereocenters. The molecule has 2 aromatic heterocycles. The van der Waals surface area contributed by atoms with Crippen LogP contribution in [0.4, 0.5) is 0 Å². The number of carbonyl (C=O) groups excluding carboxylic acids is 1. The van der Waals surface area contributed by atoms with E-state index in [1.54, 1.807) is 24.4 Å². The Balaban J connectivity index is 1.85. The maximum absolute atomic E-state index is 12.1. The van der Waals surface area contributed by atoms with Gasteiger partial charge in [0.1, 0.15) is 23.6 Å². The number of hydrogen-bond donors (Lipinski definition) is 1. The number of ether oxygens (including phenoxy) is 1. The number of pyridine rings is 1. The van der Waals surface area contributed by atoms with Gasteiger partial charge in [-0.15, -0.1) is 0 Å². The van der Waals surface area contributed by atoms with Gasteiger partial charge in [-0.25, -0.2) is 9.78 Å². The average Bonchev–Trinajstić information content (AvgIpc) is 2.54. The number of hydrogen-bond acceptors (Lipinski definition) is 5. The van der Waals surface area contributed by atoms with Crippen LogP contribution in [0.25, 0.3) is 5.65 Å². The number of esters is 1. The van der Waals surface area contributed by atoms with Crippen LogP contribution in [0.3, 0.4) is 0 Å². The third-order valence-electron chi connectivity index (χ3n) is 3.41. The van der Waals surface area contributed by atoms with Crippen LogP contribution in [-0.2, 0) is 11.3 Å². The van der Waals surface area contributed by atoms with E-state index in [9.17, 15) is 14.7 Å². The molecule has 0 saturated carbocycles. The van der Waals surface area contributed by atoms with Gasteiger partial charge >= 0.3 is 5.97 Å². The highest BCUT2D eigenvalue weighted by molar-refractivity contribution is 5.92. The van der Waals surface area contributed by atoms with E-state index in [4.69, 9.17) is 4.74 Å². The van der Waals surface area contributed by atoms with Gasteiger partial charge in [0, 0.05) is 12.3 Å². The van der Waals surface area contributed by atoms with Crippen molar-refractivity contribution in [3.8, 4) is 5.75 Å². The number of para-hydroxylation sites is 1. The lowest BCUT2D eigenvalue weighted by molar-refractivity contribution is 0.0464. The Bertz CT molecular complexity index is 947. The fourth-order valence-electron chi connectivity index (χ4n) is 2.25. The molecule has 2 heterocycles. The molecule has 0 spiro atoms. The van der Waals surface area contributed by atoms with Crippen molar-refractivity contribution in [2.24, 2.45) is 0 Å². The van der Waals surface area contributed by atoms with Gasteiger partial charge in [-0.05, 0) is 30.7 Å². The van der Waals surface area contributed by atoms with Crippen LogP contribution in [-0.4, -0.2) is 20.5 Å². The van der Waals surface area contributed by atoms with Gasteiger partial charge in [-0.3, -0.25) is 9.20 Å². The van der Waals surface area contributed by atoms with Crippen LogP contribution in [0, 0.1) is 6.92 Å². The van der Waals surface area contributed by atoms with Gasteiger partial charge in [-0.2, -0.15) is 0 Å². The van der Waals surface area contributed by atoms with E-state index in [2.05, 4.69) is 4.98 Å². The molecule has 0 atom stereocenters. The normalized spacial score (nSPS) is 10.7. The zero-order chi connectivity index (χ0) is 16.4. The molecule has 0 aliphatic rings. The van der Waals surface area contributed by atoms with Crippen LogP contribution in [0.1, 0.15) is 21.6 Å². The SMILES string of the molecule is Cc1cccn2c(=O)cc(COC(=O)c3ccccc3O)nc12. The quantitative estimate of drug-likeness (QED) is 0.749. The minimum Gasteiger partial charge on any atom is -0.507 e. The van der Waals surface area contributed by atoms with Gasteiger partial charge in [-0.1, -0.05) is 18.2 Å². The van der Waals surface area contributed by atoms with Gasteiger partial charge in [0.25, 0.3) is 5.56 Å². The number of aromatic nitrogens is 2. The number of phenolic OH excluding ortho intramolecular Hbond substituents is 1. The molecule has 116 valence electrons. The number of fused-ring (bicyclic) bond motifs is 1. The first kappa shape index (κ1) is 14.8. The van der Waals surface area contributed by atoms with Crippen molar-refractivity contribution in [2.45, 2.75) is 13.5 Å². The van der Waals surface area contributed by atoms with Crippen LogP contribution in [0.2, 0.25) is 0 Å². The molecule has 0 amide bonds. The van der Waals surface area contributed by atoms with Gasteiger partial charge in [0.15, 0.2) is 0 Å². The van der Waals surface area contributed by atoms with Crippen LogP contribution in [0.15, 0.2) is 53.5 Å². The smallest absolute Gasteiger partial charge is 0.342 e. The highest BCUT2D eigenvalue weighted by atomic mass is 16.5. The molecule has 0 radical (unpaired) electrons. The lowest BCUT2D eigenvalue weighted by atomic mass is 10.2. The summed E-state index contributed by atoms with van der Waals surface area (Å²) < 4.78 is 6.56. The molecule has 23 heavy (non-hydrogen) atoms. The Hall–Kier alpha value is -3.15. The third kappa shape index (κ3) is 2.91. The van der Waals surface area contributed by atoms with E-state index in [1.165, 1.54) is 22.6 Å². The molecule has 0 aliphatic carbocycles. The summed E-state index contributed by atoms with van der Waals surface area (Å²) >= 11 is 0. The molecule has 3 aromatic rings. The summed E-state index contributed by atoms with van der Waals surface area (Å²) in [4.78, 5) is 28.4. The summed E-state index contributed by atoms with van der Waals surface area (Å²) in [6.45, 7) is 1.70. The van der Waals surface area contributed by atoms with Crippen molar-refractivity contribution in [3.63, 3.8) is 0 Å². The third-order valence-corrected chi connectivity index (χ3v) is 3.41. The van der Waals surface area contributed by atoms with E-state index in [1.807, 2.05) is 13.0 Å². The Labute approximate surface area is 131 Å². The highest BCUT2D eigenvalue weighted by Crippen LogP contribution is 2.17. The number of rotatable bonds is 3. The van der Waals surface area contributed by atoms with Crippen molar-refractivity contribution in [1.82, 2.24) is 9.38 Å². The molecular weight excluding hydrogens is 296 g/mol. The molecule has 0 bridgehead atoms. The number of benzene rings is 1. The second-order valence-electron chi connectivity index (χ2n) is 5.06. The maximum Gasteiger partial charge on any atom is 0.342 e. The van der Waals surface area contributed by atoms with Crippen molar-refractivity contribution in [3.05, 3.63) is 75.8 Å². The fourth-order valence-corrected chi connectivity index (χ4v) is 2.25. The Morgan fingerprint density at radius 2 is 2.04 bits per heavy atom. The van der Waals surface area contributed by atoms with Crippen molar-refractivity contribution in [1.29, 1.82) is 0 Å². The molecule has 0 fully saturated rings. The largest absolute Gasteiger partial charge is 0.507 e. The second kappa shape index (κ2) is 5.92. The molecule has 0 saturated heterocycles. The fraction of sp³-hybridized carbons (Fsp3) is 0.118. The van der Waals surface area contributed by atoms with E-state index < -0.39 is 5.97 Å². The van der Waals surface area contributed by atoms with Crippen LogP contribution >= 0.6 is 0 Å². The second-order valence-corrected chi connectivity index (χ2v) is 5.06. The summed E-state index contributed by atoms with van der Waals surface area (Å²) in [6.07, 6.45) is 1.63. The first-order chi connectivity index (χ1) is 11.1. The minimum absolute atomic E-state index is 0.0705. The molecule has 3 rings (SSSR count). The topological polar surface area (TPSA) is 80.9 Å². The summed E-state index contributed by atoms with van der Waals surface area (Å²) in [5.41, 5.74) is 1.55. The number of nitrogens with zero attached hydrogens (tertiary/aromatic N) is 2. The van der Waals surface area contributed by atoms with Crippen molar-refractivity contribution in [2.75, 3.05) is 0 Å². The predicted octanol–water partition coefficient (Wildman–Crippen LogP) is 2.07. The van der Waals surface area contributed by atoms with E-state index in [-0.39, 0.29) is 23.5 Å². The van der Waals surface area contributed by atoms with Crippen molar-refractivity contribution >= 4 is 11.6 Å². The molecule has 0 aliphatic heterocycles. The number of phenols is 1. The van der Waals surface area contributed by atoms with Crippen LogP contribution in [0.5, 0.6) is 5.75 Å². The van der Waals surface area contributed by atoms with Gasteiger partial charge in [0.05, 0.1) is 5.69 Å². The number of carbonyl (C=O) groups is 1. The number of aryl methyl sites for hydroxylation is 1. The van der Waals surface area contributed by atoms with Crippen LogP contribution < -0.4 is 5.56 Å². The Kier molecular flexibility index (Phi) is 3.80. The summed E-state index contributed by atoms with van der Waals surface area (Å²) in [5, 5.41) is 9.63. The highest BCUT2D eigenvalue weighted by Gasteiger charge is 2.13. The lowest BCUT2D eigenvalue weighted by Crippen LogP contribution is -2.17. The van der Waals surface area contributed by atoms with Gasteiger partial charge < -0.3 is 9.84 Å². The first-order valence-corrected chi connectivity index (χ1v) is 6.99. The molecule has 1 aromatic carbocycles. The summed E-state index contributed by atoms with van der Waals surface area (Å²) in [5.74, 6) is -0.824. The summed E-state index contributed by atoms with van der Waals surface area (Å²) in [6, 6.07) is 11.0. The van der Waals surface area contributed by atoms with E-state index in [0.717, 1.165) is 5.56 Å². The minimum atomic E-state index is -0.671.